The molecule has 1 atom stereocenters. The van der Waals surface area contributed by atoms with Crippen molar-refractivity contribution in [3.8, 4) is 5.75 Å². The van der Waals surface area contributed by atoms with Crippen molar-refractivity contribution < 1.29 is 27.5 Å². The normalized spacial score (nSPS) is 17.9. The first-order chi connectivity index (χ1) is 18.5. The average Bonchev–Trinajstić information content (AvgIpc) is 2.89. The highest BCUT2D eigenvalue weighted by Crippen LogP contribution is 2.54. The molecule has 2 aromatic rings. The number of piperidine rings is 1. The van der Waals surface area contributed by atoms with E-state index in [-0.39, 0.29) is 34.3 Å². The van der Waals surface area contributed by atoms with Gasteiger partial charge in [0.15, 0.2) is 5.92 Å². The topological polar surface area (TPSA) is 74.8 Å². The summed E-state index contributed by atoms with van der Waals surface area (Å²) in [7, 11) is 4.37. The van der Waals surface area contributed by atoms with Crippen LogP contribution < -0.4 is 15.0 Å². The summed E-state index contributed by atoms with van der Waals surface area (Å²) < 4.78 is 46.7. The van der Waals surface area contributed by atoms with Gasteiger partial charge in [-0.3, -0.25) is 9.59 Å². The fraction of sp³-hybridized carbons (Fsp3) is 0.536. The Balaban J connectivity index is 1.28. The SMILES string of the molecule is CNC(=O)c1ccc(N2CCC3(CC2)CC(CCN(C)C(=O)[C@H](c2cccc(OC)c2)C(F)(F)F)C3)nc1Cl. The number of halogens is 4. The van der Waals surface area contributed by atoms with Gasteiger partial charge >= 0.3 is 6.18 Å². The number of rotatable bonds is 8. The highest BCUT2D eigenvalue weighted by atomic mass is 35.5. The number of ether oxygens (including phenoxy) is 1. The maximum atomic E-state index is 13.9. The molecule has 11 heteroatoms. The van der Waals surface area contributed by atoms with E-state index in [9.17, 15) is 22.8 Å². The van der Waals surface area contributed by atoms with Crippen molar-refractivity contribution >= 4 is 29.2 Å². The number of aromatic nitrogens is 1. The summed E-state index contributed by atoms with van der Waals surface area (Å²) >= 11 is 6.22. The average molecular weight is 567 g/mol. The summed E-state index contributed by atoms with van der Waals surface area (Å²) in [4.78, 5) is 32.5. The molecule has 4 rings (SSSR count). The molecule has 1 N–H and O–H groups in total. The maximum absolute atomic E-state index is 13.9. The van der Waals surface area contributed by atoms with Crippen LogP contribution in [0.4, 0.5) is 19.0 Å². The summed E-state index contributed by atoms with van der Waals surface area (Å²) in [5, 5.41) is 2.72. The van der Waals surface area contributed by atoms with Gasteiger partial charge in [-0.25, -0.2) is 4.98 Å². The van der Waals surface area contributed by atoms with E-state index in [1.165, 1.54) is 37.3 Å². The third kappa shape index (κ3) is 6.42. The van der Waals surface area contributed by atoms with Gasteiger partial charge < -0.3 is 19.9 Å². The summed E-state index contributed by atoms with van der Waals surface area (Å²) in [6.07, 6.45) is -0.0411. The van der Waals surface area contributed by atoms with Crippen molar-refractivity contribution in [3.63, 3.8) is 0 Å². The smallest absolute Gasteiger partial charge is 0.404 e. The van der Waals surface area contributed by atoms with Gasteiger partial charge in [-0.15, -0.1) is 0 Å². The summed E-state index contributed by atoms with van der Waals surface area (Å²) in [5.41, 5.74) is 0.448. The van der Waals surface area contributed by atoms with E-state index in [1.54, 1.807) is 19.2 Å². The number of amides is 2. The molecular weight excluding hydrogens is 533 g/mol. The van der Waals surface area contributed by atoms with Crippen LogP contribution in [-0.2, 0) is 4.79 Å². The number of nitrogens with one attached hydrogen (secondary N) is 1. The largest absolute Gasteiger partial charge is 0.497 e. The lowest BCUT2D eigenvalue weighted by Crippen LogP contribution is -2.48. The van der Waals surface area contributed by atoms with Crippen LogP contribution in [0, 0.1) is 11.3 Å². The molecule has 1 saturated carbocycles. The molecular formula is C28H34ClF3N4O3. The summed E-state index contributed by atoms with van der Waals surface area (Å²) in [6.45, 7) is 1.92. The molecule has 1 aliphatic carbocycles. The van der Waals surface area contributed by atoms with Gasteiger partial charge in [0.25, 0.3) is 5.91 Å². The molecule has 2 amide bonds. The minimum absolute atomic E-state index is 0.118. The van der Waals surface area contributed by atoms with Gasteiger partial charge in [-0.2, -0.15) is 13.2 Å². The molecule has 1 spiro atoms. The fourth-order valence-corrected chi connectivity index (χ4v) is 6.13. The van der Waals surface area contributed by atoms with Crippen molar-refractivity contribution in [3.05, 3.63) is 52.7 Å². The Bertz CT molecular complexity index is 1190. The zero-order valence-corrected chi connectivity index (χ0v) is 23.1. The second kappa shape index (κ2) is 11.6. The van der Waals surface area contributed by atoms with E-state index in [2.05, 4.69) is 15.2 Å². The molecule has 0 unspecified atom stereocenters. The Morgan fingerprint density at radius 1 is 1.23 bits per heavy atom. The molecule has 2 heterocycles. The third-order valence-electron chi connectivity index (χ3n) is 8.15. The molecule has 1 saturated heterocycles. The lowest BCUT2D eigenvalue weighted by molar-refractivity contribution is -0.171. The van der Waals surface area contributed by atoms with Crippen molar-refractivity contribution in [2.75, 3.05) is 45.7 Å². The molecule has 1 aromatic carbocycles. The van der Waals surface area contributed by atoms with Crippen LogP contribution in [0.15, 0.2) is 36.4 Å². The zero-order valence-electron chi connectivity index (χ0n) is 22.4. The number of methoxy groups -OCH3 is 1. The Kier molecular flexibility index (Phi) is 8.63. The number of carbonyl (C=O) groups is 2. The van der Waals surface area contributed by atoms with Gasteiger partial charge in [-0.05, 0) is 73.3 Å². The fourth-order valence-electron chi connectivity index (χ4n) is 5.89. The van der Waals surface area contributed by atoms with E-state index < -0.39 is 18.0 Å². The standard InChI is InChI=1S/C28H34ClF3N4O3/c1-33-25(37)21-7-8-22(34-24(21)29)36-13-10-27(11-14-36)16-18(17-27)9-12-35(2)26(38)23(28(30,31)32)19-5-4-6-20(15-19)39-3/h4-8,15,18,23H,9-14,16-17H2,1-3H3,(H,33,37)/t23-/m0/s1. The predicted octanol–water partition coefficient (Wildman–Crippen LogP) is 5.29. The quantitative estimate of drug-likeness (QED) is 0.439. The van der Waals surface area contributed by atoms with E-state index in [0.717, 1.165) is 44.6 Å². The number of nitrogens with zero attached hydrogens (tertiary/aromatic N) is 3. The van der Waals surface area contributed by atoms with Gasteiger partial charge in [-0.1, -0.05) is 23.7 Å². The number of pyridine rings is 1. The van der Waals surface area contributed by atoms with Crippen molar-refractivity contribution in [1.82, 2.24) is 15.2 Å². The zero-order chi connectivity index (χ0) is 28.4. The number of carbonyl (C=O) groups excluding carboxylic acids is 2. The second-order valence-electron chi connectivity index (χ2n) is 10.6. The Hall–Kier alpha value is -3.01. The van der Waals surface area contributed by atoms with Gasteiger partial charge in [0.2, 0.25) is 5.91 Å². The number of anilines is 1. The van der Waals surface area contributed by atoms with Crippen LogP contribution in [0.5, 0.6) is 5.75 Å². The molecule has 2 fully saturated rings. The molecule has 1 aromatic heterocycles. The van der Waals surface area contributed by atoms with Gasteiger partial charge in [0.05, 0.1) is 12.7 Å². The van der Waals surface area contributed by atoms with E-state index in [1.807, 2.05) is 6.07 Å². The van der Waals surface area contributed by atoms with Crippen LogP contribution in [0.2, 0.25) is 5.15 Å². The third-order valence-corrected chi connectivity index (χ3v) is 8.44. The minimum Gasteiger partial charge on any atom is -0.497 e. The lowest BCUT2D eigenvalue weighted by atomic mass is 9.57. The monoisotopic (exact) mass is 566 g/mol. The molecule has 0 bridgehead atoms. The van der Waals surface area contributed by atoms with E-state index in [4.69, 9.17) is 16.3 Å². The van der Waals surface area contributed by atoms with Crippen LogP contribution in [0.1, 0.15) is 53.9 Å². The molecule has 0 radical (unpaired) electrons. The Morgan fingerprint density at radius 2 is 1.92 bits per heavy atom. The first-order valence-electron chi connectivity index (χ1n) is 13.1. The van der Waals surface area contributed by atoms with Crippen molar-refractivity contribution in [1.29, 1.82) is 0 Å². The van der Waals surface area contributed by atoms with E-state index >= 15 is 0 Å². The summed E-state index contributed by atoms with van der Waals surface area (Å²) in [6, 6.07) is 9.09. The number of hydrogen-bond donors (Lipinski definition) is 1. The van der Waals surface area contributed by atoms with Crippen LogP contribution in [-0.4, -0.2) is 68.7 Å². The molecule has 1 aliphatic heterocycles. The number of benzene rings is 1. The number of alkyl halides is 3. The van der Waals surface area contributed by atoms with E-state index in [0.29, 0.717) is 17.9 Å². The minimum atomic E-state index is -4.70. The highest BCUT2D eigenvalue weighted by Gasteiger charge is 2.48. The van der Waals surface area contributed by atoms with Crippen molar-refractivity contribution in [2.24, 2.45) is 11.3 Å². The van der Waals surface area contributed by atoms with Gasteiger partial charge in [0, 0.05) is 33.7 Å². The van der Waals surface area contributed by atoms with Crippen LogP contribution in [0.3, 0.4) is 0 Å². The van der Waals surface area contributed by atoms with Crippen LogP contribution >= 0.6 is 11.6 Å². The molecule has 212 valence electrons. The molecule has 39 heavy (non-hydrogen) atoms. The second-order valence-corrected chi connectivity index (χ2v) is 11.0. The molecule has 7 nitrogen and oxygen atoms in total. The Morgan fingerprint density at radius 3 is 2.51 bits per heavy atom. The molecule has 2 aliphatic rings. The first-order valence-corrected chi connectivity index (χ1v) is 13.4. The van der Waals surface area contributed by atoms with Crippen LogP contribution in [0.25, 0.3) is 0 Å². The predicted molar refractivity (Wildman–Crippen MR) is 143 cm³/mol. The maximum Gasteiger partial charge on any atom is 0.404 e. The highest BCUT2D eigenvalue weighted by molar-refractivity contribution is 6.32. The number of hydrogen-bond acceptors (Lipinski definition) is 5. The van der Waals surface area contributed by atoms with Gasteiger partial charge in [0.1, 0.15) is 16.7 Å². The first kappa shape index (κ1) is 29.0. The lowest BCUT2D eigenvalue weighted by Gasteiger charge is -2.53. The number of likely N-dealkylation sites (N-methyl/N-ethyl adjacent to an activating group) is 1. The Labute approximate surface area is 231 Å². The summed E-state index contributed by atoms with van der Waals surface area (Å²) in [5.74, 6) is -2.04. The van der Waals surface area contributed by atoms with Crippen molar-refractivity contribution in [2.45, 2.75) is 44.2 Å².